The summed E-state index contributed by atoms with van der Waals surface area (Å²) in [6, 6.07) is 8.83. The Hall–Kier alpha value is -2.77. The molecular weight excluding hydrogens is 438 g/mol. The van der Waals surface area contributed by atoms with Crippen molar-refractivity contribution in [3.8, 4) is 0 Å². The minimum absolute atomic E-state index is 0.0890. The van der Waals surface area contributed by atoms with Crippen LogP contribution >= 0.6 is 0 Å². The molecule has 5 rings (SSSR count). The highest BCUT2D eigenvalue weighted by Crippen LogP contribution is 2.48. The Kier molecular flexibility index (Phi) is 6.89. The molecule has 1 aromatic rings. The van der Waals surface area contributed by atoms with Crippen molar-refractivity contribution in [3.63, 3.8) is 0 Å². The smallest absolute Gasteiger partial charge is 0.243 e. The van der Waals surface area contributed by atoms with Crippen LogP contribution in [0.2, 0.25) is 0 Å². The number of allylic oxidation sites excluding steroid dienone is 2. The van der Waals surface area contributed by atoms with Gasteiger partial charge in [0.05, 0.1) is 17.6 Å². The van der Waals surface area contributed by atoms with E-state index in [4.69, 9.17) is 0 Å². The topological polar surface area (TPSA) is 59.5 Å². The molecule has 1 spiro atoms. The van der Waals surface area contributed by atoms with Gasteiger partial charge in [-0.25, -0.2) is 0 Å². The van der Waals surface area contributed by atoms with E-state index in [2.05, 4.69) is 27.4 Å². The third-order valence-electron chi connectivity index (χ3n) is 8.44. The van der Waals surface area contributed by atoms with Crippen LogP contribution < -0.4 is 4.90 Å². The molecule has 0 radical (unpaired) electrons. The lowest BCUT2D eigenvalue weighted by molar-refractivity contribution is -0.135. The second-order valence-electron chi connectivity index (χ2n) is 10.2. The van der Waals surface area contributed by atoms with E-state index in [1.54, 1.807) is 18.0 Å². The monoisotopic (exact) mass is 475 g/mol. The predicted molar refractivity (Wildman–Crippen MR) is 140 cm³/mol. The largest absolute Gasteiger partial charge is 0.339 e. The van der Waals surface area contributed by atoms with Gasteiger partial charge in [0.2, 0.25) is 11.8 Å². The number of piperidine rings is 1. The second kappa shape index (κ2) is 10.1. The number of carbonyl (C=O) groups is 2. The molecule has 2 amide bonds. The van der Waals surface area contributed by atoms with Gasteiger partial charge in [-0.1, -0.05) is 43.4 Å². The molecule has 1 saturated carbocycles. The first-order valence-corrected chi connectivity index (χ1v) is 13.0. The zero-order chi connectivity index (χ0) is 24.4. The minimum atomic E-state index is -0.553. The van der Waals surface area contributed by atoms with Crippen LogP contribution in [-0.4, -0.2) is 91.3 Å². The molecule has 0 bridgehead atoms. The van der Waals surface area contributed by atoms with Gasteiger partial charge in [-0.2, -0.15) is 0 Å². The van der Waals surface area contributed by atoms with Crippen molar-refractivity contribution >= 4 is 23.3 Å². The van der Waals surface area contributed by atoms with Gasteiger partial charge < -0.3 is 4.90 Å². The Morgan fingerprint density at radius 1 is 1.11 bits per heavy atom. The van der Waals surface area contributed by atoms with Crippen molar-refractivity contribution in [2.24, 2.45) is 4.99 Å². The van der Waals surface area contributed by atoms with Crippen molar-refractivity contribution in [1.82, 2.24) is 14.7 Å². The fraction of sp³-hybridized carbons (Fsp3) is 0.536. The van der Waals surface area contributed by atoms with Crippen LogP contribution in [0.5, 0.6) is 0 Å². The molecule has 1 aliphatic carbocycles. The van der Waals surface area contributed by atoms with Crippen molar-refractivity contribution in [2.45, 2.75) is 43.6 Å². The van der Waals surface area contributed by atoms with Crippen molar-refractivity contribution in [2.75, 3.05) is 57.8 Å². The molecule has 7 nitrogen and oxygen atoms in total. The van der Waals surface area contributed by atoms with E-state index in [0.717, 1.165) is 56.6 Å². The zero-order valence-corrected chi connectivity index (χ0v) is 20.9. The highest BCUT2D eigenvalue weighted by Gasteiger charge is 2.53. The normalized spacial score (nSPS) is 23.7. The van der Waals surface area contributed by atoms with Crippen LogP contribution in [0.4, 0.5) is 5.69 Å². The van der Waals surface area contributed by atoms with Crippen LogP contribution in [0.1, 0.15) is 37.7 Å². The first-order chi connectivity index (χ1) is 17.1. The zero-order valence-electron chi connectivity index (χ0n) is 20.9. The number of piperazine rings is 1. The third kappa shape index (κ3) is 4.36. The molecule has 4 aliphatic rings. The molecule has 0 atom stereocenters. The maximum absolute atomic E-state index is 13.9. The number of anilines is 1. The molecule has 35 heavy (non-hydrogen) atoms. The van der Waals surface area contributed by atoms with Crippen molar-refractivity contribution in [1.29, 1.82) is 0 Å². The average Bonchev–Trinajstić information content (AvgIpc) is 3.08. The molecule has 0 aromatic heterocycles. The van der Waals surface area contributed by atoms with Crippen LogP contribution in [0, 0.1) is 0 Å². The van der Waals surface area contributed by atoms with Crippen LogP contribution in [0.25, 0.3) is 0 Å². The van der Waals surface area contributed by atoms with Crippen LogP contribution in [0.15, 0.2) is 54.1 Å². The highest BCUT2D eigenvalue weighted by molar-refractivity contribution is 6.27. The fourth-order valence-electron chi connectivity index (χ4n) is 6.10. The molecule has 2 saturated heterocycles. The Morgan fingerprint density at radius 2 is 1.83 bits per heavy atom. The lowest BCUT2D eigenvalue weighted by atomic mass is 9.73. The van der Waals surface area contributed by atoms with Gasteiger partial charge in [0.25, 0.3) is 0 Å². The van der Waals surface area contributed by atoms with Crippen LogP contribution in [-0.2, 0) is 15.0 Å². The second-order valence-corrected chi connectivity index (χ2v) is 10.2. The van der Waals surface area contributed by atoms with E-state index >= 15 is 0 Å². The Morgan fingerprint density at radius 3 is 2.46 bits per heavy atom. The standard InChI is InChI=1S/C28H37N5O2/c1-3-4-12-25(29-2)33-24-11-6-5-10-23(24)28(27(33)35)13-15-30(16-14-28)21-26(34)32-19-17-31(18-20-32)22-8-7-9-22/h3-6,10-12,22H,1,7-9,13-21H2,2H3/b12-4-,29-25?. The van der Waals surface area contributed by atoms with Crippen molar-refractivity contribution < 1.29 is 9.59 Å². The lowest BCUT2D eigenvalue weighted by Crippen LogP contribution is -2.56. The Balaban J connectivity index is 1.23. The highest BCUT2D eigenvalue weighted by atomic mass is 16.2. The van der Waals surface area contributed by atoms with E-state index in [0.29, 0.717) is 25.2 Å². The molecule has 1 aromatic carbocycles. The molecular formula is C28H37N5O2. The number of carbonyl (C=O) groups excluding carboxylic acids is 2. The number of amidine groups is 1. The number of aliphatic imine (C=N–C) groups is 1. The van der Waals surface area contributed by atoms with Gasteiger partial charge in [-0.3, -0.25) is 29.3 Å². The summed E-state index contributed by atoms with van der Waals surface area (Å²) in [5, 5.41) is 0. The van der Waals surface area contributed by atoms with E-state index < -0.39 is 5.41 Å². The summed E-state index contributed by atoms with van der Waals surface area (Å²) in [6.07, 6.45) is 10.7. The molecule has 0 unspecified atom stereocenters. The maximum Gasteiger partial charge on any atom is 0.243 e. The summed E-state index contributed by atoms with van der Waals surface area (Å²) in [7, 11) is 1.71. The first-order valence-electron chi connectivity index (χ1n) is 13.0. The first kappa shape index (κ1) is 23.9. The van der Waals surface area contributed by atoms with E-state index in [9.17, 15) is 9.59 Å². The van der Waals surface area contributed by atoms with Gasteiger partial charge in [0.1, 0.15) is 5.84 Å². The van der Waals surface area contributed by atoms with Gasteiger partial charge in [-0.05, 0) is 43.4 Å². The average molecular weight is 476 g/mol. The van der Waals surface area contributed by atoms with Crippen LogP contribution in [0.3, 0.4) is 0 Å². The van der Waals surface area contributed by atoms with Crippen molar-refractivity contribution in [3.05, 3.63) is 54.6 Å². The fourth-order valence-corrected chi connectivity index (χ4v) is 6.10. The summed E-state index contributed by atoms with van der Waals surface area (Å²) >= 11 is 0. The summed E-state index contributed by atoms with van der Waals surface area (Å²) in [6.45, 7) is 9.35. The third-order valence-corrected chi connectivity index (χ3v) is 8.44. The maximum atomic E-state index is 13.9. The number of para-hydroxylation sites is 1. The summed E-state index contributed by atoms with van der Waals surface area (Å²) in [5.74, 6) is 0.938. The van der Waals surface area contributed by atoms with E-state index in [1.165, 1.54) is 19.3 Å². The lowest BCUT2D eigenvalue weighted by Gasteiger charge is -2.43. The molecule has 186 valence electrons. The van der Waals surface area contributed by atoms with Gasteiger partial charge in [0.15, 0.2) is 0 Å². The molecule has 0 N–H and O–H groups in total. The number of fused-ring (bicyclic) bond motifs is 2. The summed E-state index contributed by atoms with van der Waals surface area (Å²) < 4.78 is 0. The van der Waals surface area contributed by atoms with E-state index in [-0.39, 0.29) is 11.8 Å². The quantitative estimate of drug-likeness (QED) is 0.373. The Bertz CT molecular complexity index is 1030. The number of rotatable bonds is 5. The SMILES string of the molecule is C=C/C=C\C(=NC)N1C(=O)C2(CCN(CC(=O)N3CCN(C4CCC4)CC3)CC2)c2ccccc21. The summed E-state index contributed by atoms with van der Waals surface area (Å²) in [4.78, 5) is 39.9. The number of hydrogen-bond donors (Lipinski definition) is 0. The minimum Gasteiger partial charge on any atom is -0.339 e. The molecule has 3 heterocycles. The predicted octanol–water partition coefficient (Wildman–Crippen LogP) is 2.83. The molecule has 7 heteroatoms. The summed E-state index contributed by atoms with van der Waals surface area (Å²) in [5.41, 5.74) is 1.44. The Labute approximate surface area is 208 Å². The molecule has 3 fully saturated rings. The molecule has 3 aliphatic heterocycles. The number of likely N-dealkylation sites (tertiary alicyclic amines) is 1. The number of nitrogens with zero attached hydrogens (tertiary/aromatic N) is 5. The van der Waals surface area contributed by atoms with Gasteiger partial charge >= 0.3 is 0 Å². The van der Waals surface area contributed by atoms with Gasteiger partial charge in [0, 0.05) is 52.4 Å². The van der Waals surface area contributed by atoms with Gasteiger partial charge in [-0.15, -0.1) is 0 Å². The number of amides is 2. The number of benzene rings is 1. The number of hydrogen-bond acceptors (Lipinski definition) is 5. The van der Waals surface area contributed by atoms with E-state index in [1.807, 2.05) is 35.3 Å².